The Morgan fingerprint density at radius 2 is 1.66 bits per heavy atom. The van der Waals surface area contributed by atoms with Gasteiger partial charge in [0.2, 0.25) is 5.75 Å². The van der Waals surface area contributed by atoms with Gasteiger partial charge in [-0.2, -0.15) is 0 Å². The van der Waals surface area contributed by atoms with E-state index in [1.54, 1.807) is 13.2 Å². The number of anilines is 1. The highest BCUT2D eigenvalue weighted by molar-refractivity contribution is 5.86. The van der Waals surface area contributed by atoms with Gasteiger partial charge in [-0.25, -0.2) is 0 Å². The normalized spacial score (nSPS) is 11.2. The Balaban J connectivity index is 1.35. The Morgan fingerprint density at radius 1 is 0.921 bits per heavy atom. The third-order valence-electron chi connectivity index (χ3n) is 6.88. The zero-order valence-corrected chi connectivity index (χ0v) is 22.6. The largest absolute Gasteiger partial charge is 0.504 e. The van der Waals surface area contributed by atoms with Crippen LogP contribution in [0.1, 0.15) is 25.3 Å². The second kappa shape index (κ2) is 12.5. The summed E-state index contributed by atoms with van der Waals surface area (Å²) in [7, 11) is 5.25. The van der Waals surface area contributed by atoms with Crippen LogP contribution in [0.3, 0.4) is 0 Å². The van der Waals surface area contributed by atoms with Crippen LogP contribution < -0.4 is 19.8 Å². The highest BCUT2D eigenvalue weighted by Gasteiger charge is 2.15. The lowest BCUT2D eigenvalue weighted by Gasteiger charge is -2.23. The second-order valence-corrected chi connectivity index (χ2v) is 9.33. The first kappa shape index (κ1) is 27.1. The number of benzene rings is 3. The van der Waals surface area contributed by atoms with E-state index in [0.29, 0.717) is 11.1 Å². The van der Waals surface area contributed by atoms with Gasteiger partial charge in [0, 0.05) is 43.0 Å². The van der Waals surface area contributed by atoms with Crippen LogP contribution in [-0.2, 0) is 6.54 Å². The van der Waals surface area contributed by atoms with Crippen molar-refractivity contribution < 1.29 is 19.0 Å². The average Bonchev–Trinajstić information content (AvgIpc) is 2.94. The predicted molar refractivity (Wildman–Crippen MR) is 153 cm³/mol. The summed E-state index contributed by atoms with van der Waals surface area (Å²) in [4.78, 5) is 17.3. The Hall–Kier alpha value is -3.97. The van der Waals surface area contributed by atoms with Gasteiger partial charge in [0.15, 0.2) is 16.8 Å². The zero-order valence-electron chi connectivity index (χ0n) is 22.6. The van der Waals surface area contributed by atoms with Gasteiger partial charge in [-0.3, -0.25) is 9.69 Å². The Morgan fingerprint density at radius 3 is 2.37 bits per heavy atom. The predicted octanol–water partition coefficient (Wildman–Crippen LogP) is 5.92. The molecule has 3 aromatic carbocycles. The van der Waals surface area contributed by atoms with Gasteiger partial charge in [0.05, 0.1) is 19.6 Å². The van der Waals surface area contributed by atoms with Crippen LogP contribution in [0.5, 0.6) is 17.2 Å². The second-order valence-electron chi connectivity index (χ2n) is 9.33. The summed E-state index contributed by atoms with van der Waals surface area (Å²) in [6.45, 7) is 6.04. The number of nitrogens with zero attached hydrogens (tertiary/aromatic N) is 2. The number of hydrogen-bond donors (Lipinski definition) is 1. The SMILES string of the molecule is CCN(CCCCN(C)c1ccc(-c2cc(=O)c3ccc(O)c(OC)c3o2)cc1)Cc1ccccc1OC. The summed E-state index contributed by atoms with van der Waals surface area (Å²) < 4.78 is 16.8. The van der Waals surface area contributed by atoms with E-state index in [2.05, 4.69) is 35.9 Å². The van der Waals surface area contributed by atoms with Crippen LogP contribution in [0, 0.1) is 0 Å². The molecule has 1 heterocycles. The highest BCUT2D eigenvalue weighted by Crippen LogP contribution is 2.35. The third kappa shape index (κ3) is 6.11. The molecule has 7 heteroatoms. The molecule has 0 amide bonds. The number of unbranched alkanes of at least 4 members (excludes halogenated alkanes) is 1. The number of para-hydroxylation sites is 1. The summed E-state index contributed by atoms with van der Waals surface area (Å²) >= 11 is 0. The maximum Gasteiger partial charge on any atom is 0.204 e. The summed E-state index contributed by atoms with van der Waals surface area (Å²) in [6, 6.07) is 20.6. The minimum atomic E-state index is -0.187. The van der Waals surface area contributed by atoms with Crippen molar-refractivity contribution in [3.63, 3.8) is 0 Å². The molecule has 200 valence electrons. The molecule has 0 saturated carbocycles. The molecule has 0 spiro atoms. The van der Waals surface area contributed by atoms with Crippen molar-refractivity contribution in [3.8, 4) is 28.6 Å². The standard InChI is InChI=1S/C31H36N2O5/c1-5-33(21-23-10-6-7-11-28(23)36-3)19-9-8-18-32(2)24-14-12-22(13-15-24)29-20-27(35)25-16-17-26(34)31(37-4)30(25)38-29/h6-7,10-17,20,34H,5,8-9,18-19,21H2,1-4H3. The number of methoxy groups -OCH3 is 2. The van der Waals surface area contributed by atoms with Gasteiger partial charge >= 0.3 is 0 Å². The van der Waals surface area contributed by atoms with Gasteiger partial charge in [-0.05, 0) is 68.4 Å². The fraction of sp³-hybridized carbons (Fsp3) is 0.323. The molecule has 0 radical (unpaired) electrons. The van der Waals surface area contributed by atoms with Crippen LogP contribution in [-0.4, -0.2) is 50.9 Å². The topological polar surface area (TPSA) is 75.4 Å². The molecule has 1 aromatic heterocycles. The van der Waals surface area contributed by atoms with Crippen molar-refractivity contribution >= 4 is 16.7 Å². The van der Waals surface area contributed by atoms with Crippen LogP contribution in [0.2, 0.25) is 0 Å². The van der Waals surface area contributed by atoms with Crippen molar-refractivity contribution in [2.24, 2.45) is 0 Å². The van der Waals surface area contributed by atoms with Crippen molar-refractivity contribution in [3.05, 3.63) is 82.5 Å². The van der Waals surface area contributed by atoms with Crippen LogP contribution >= 0.6 is 0 Å². The highest BCUT2D eigenvalue weighted by atomic mass is 16.5. The van der Waals surface area contributed by atoms with E-state index < -0.39 is 0 Å². The van der Waals surface area contributed by atoms with E-state index in [4.69, 9.17) is 13.9 Å². The van der Waals surface area contributed by atoms with E-state index in [9.17, 15) is 9.90 Å². The van der Waals surface area contributed by atoms with Crippen molar-refractivity contribution in [2.45, 2.75) is 26.3 Å². The molecular formula is C31H36N2O5. The number of fused-ring (bicyclic) bond motifs is 1. The van der Waals surface area contributed by atoms with E-state index in [-0.39, 0.29) is 22.5 Å². The van der Waals surface area contributed by atoms with Crippen molar-refractivity contribution in [1.29, 1.82) is 0 Å². The van der Waals surface area contributed by atoms with Crippen molar-refractivity contribution in [1.82, 2.24) is 4.90 Å². The van der Waals surface area contributed by atoms with E-state index in [1.807, 2.05) is 36.4 Å². The van der Waals surface area contributed by atoms with Crippen LogP contribution in [0.25, 0.3) is 22.3 Å². The van der Waals surface area contributed by atoms with Gasteiger partial charge in [0.1, 0.15) is 11.5 Å². The molecule has 0 saturated heterocycles. The fourth-order valence-corrected chi connectivity index (χ4v) is 4.64. The summed E-state index contributed by atoms with van der Waals surface area (Å²) in [5.41, 5.74) is 3.14. The monoisotopic (exact) mass is 516 g/mol. The zero-order chi connectivity index (χ0) is 27.1. The lowest BCUT2D eigenvalue weighted by molar-refractivity contribution is 0.269. The fourth-order valence-electron chi connectivity index (χ4n) is 4.64. The summed E-state index contributed by atoms with van der Waals surface area (Å²) in [5, 5.41) is 10.4. The first-order chi connectivity index (χ1) is 18.4. The minimum Gasteiger partial charge on any atom is -0.504 e. The summed E-state index contributed by atoms with van der Waals surface area (Å²) in [5.74, 6) is 1.45. The first-order valence-corrected chi connectivity index (χ1v) is 12.9. The van der Waals surface area contributed by atoms with Gasteiger partial charge in [-0.15, -0.1) is 0 Å². The molecule has 38 heavy (non-hydrogen) atoms. The Bertz CT molecular complexity index is 1410. The maximum atomic E-state index is 12.7. The van der Waals surface area contributed by atoms with E-state index in [1.165, 1.54) is 24.8 Å². The first-order valence-electron chi connectivity index (χ1n) is 12.9. The number of ether oxygens (including phenoxy) is 2. The van der Waals surface area contributed by atoms with Gasteiger partial charge in [-0.1, -0.05) is 25.1 Å². The molecule has 0 aliphatic heterocycles. The van der Waals surface area contributed by atoms with Crippen LogP contribution in [0.4, 0.5) is 5.69 Å². The molecule has 0 aliphatic rings. The summed E-state index contributed by atoms with van der Waals surface area (Å²) in [6.07, 6.45) is 2.17. The number of phenolic OH excluding ortho intramolecular Hbond substituents is 1. The maximum absolute atomic E-state index is 12.7. The van der Waals surface area contributed by atoms with Crippen LogP contribution in [0.15, 0.2) is 75.9 Å². The quantitative estimate of drug-likeness (QED) is 0.234. The smallest absolute Gasteiger partial charge is 0.204 e. The Labute approximate surface area is 223 Å². The molecule has 0 aliphatic carbocycles. The minimum absolute atomic E-state index is 0.0703. The third-order valence-corrected chi connectivity index (χ3v) is 6.88. The molecule has 0 bridgehead atoms. The van der Waals surface area contributed by atoms with Gasteiger partial charge < -0.3 is 23.9 Å². The lowest BCUT2D eigenvalue weighted by atomic mass is 10.1. The molecular weight excluding hydrogens is 480 g/mol. The molecule has 0 atom stereocenters. The Kier molecular flexibility index (Phi) is 8.92. The molecule has 4 rings (SSSR count). The van der Waals surface area contributed by atoms with Gasteiger partial charge in [0.25, 0.3) is 0 Å². The number of rotatable bonds is 12. The molecule has 1 N–H and O–H groups in total. The van der Waals surface area contributed by atoms with Crippen molar-refractivity contribution in [2.75, 3.05) is 45.8 Å². The molecule has 0 fully saturated rings. The molecule has 7 nitrogen and oxygen atoms in total. The van der Waals surface area contributed by atoms with E-state index >= 15 is 0 Å². The number of phenols is 1. The number of hydrogen-bond acceptors (Lipinski definition) is 7. The number of aromatic hydroxyl groups is 1. The lowest BCUT2D eigenvalue weighted by Crippen LogP contribution is -2.25. The molecule has 0 unspecified atom stereocenters. The molecule has 4 aromatic rings. The average molecular weight is 517 g/mol. The van der Waals surface area contributed by atoms with E-state index in [0.717, 1.165) is 56.0 Å².